The minimum absolute atomic E-state index is 0.0726. The zero-order valence-electron chi connectivity index (χ0n) is 14.2. The number of benzene rings is 1. The number of pyridine rings is 1. The Bertz CT molecular complexity index is 926. The molecule has 0 amide bonds. The van der Waals surface area contributed by atoms with Gasteiger partial charge in [0, 0.05) is 12.1 Å². The van der Waals surface area contributed by atoms with Crippen molar-refractivity contribution in [1.29, 1.82) is 0 Å². The van der Waals surface area contributed by atoms with Crippen LogP contribution in [0.25, 0.3) is 5.69 Å². The second-order valence-corrected chi connectivity index (χ2v) is 5.81. The van der Waals surface area contributed by atoms with E-state index >= 15 is 0 Å². The second-order valence-electron chi connectivity index (χ2n) is 5.81. The summed E-state index contributed by atoms with van der Waals surface area (Å²) in [6, 6.07) is 10.5. The third-order valence-corrected chi connectivity index (χ3v) is 3.42. The van der Waals surface area contributed by atoms with Crippen molar-refractivity contribution in [3.05, 3.63) is 58.8 Å². The summed E-state index contributed by atoms with van der Waals surface area (Å²) in [4.78, 5) is 18.6. The third kappa shape index (κ3) is 3.65. The highest BCUT2D eigenvalue weighted by molar-refractivity contribution is 5.39. The summed E-state index contributed by atoms with van der Waals surface area (Å²) in [6.07, 6.45) is 1.53. The average Bonchev–Trinajstić information content (AvgIpc) is 2.81. The first-order valence-corrected chi connectivity index (χ1v) is 7.85. The van der Waals surface area contributed by atoms with E-state index in [0.29, 0.717) is 28.8 Å². The van der Waals surface area contributed by atoms with Crippen LogP contribution in [0.5, 0.6) is 23.3 Å². The molecule has 0 saturated heterocycles. The zero-order valence-corrected chi connectivity index (χ0v) is 14.2. The number of aromatic amines is 1. The molecule has 0 atom stereocenters. The molecule has 130 valence electrons. The molecular formula is C18H19N3O4. The molecule has 0 fully saturated rings. The van der Waals surface area contributed by atoms with E-state index < -0.39 is 5.69 Å². The maximum atomic E-state index is 11.8. The van der Waals surface area contributed by atoms with E-state index in [1.54, 1.807) is 31.2 Å². The SMILES string of the molecule is Cc1[nH]c(=O)n(-c2ccc(Oc3cccc(OC(C)C)c3)nc2)c1O. The van der Waals surface area contributed by atoms with Gasteiger partial charge in [-0.1, -0.05) is 6.07 Å². The van der Waals surface area contributed by atoms with Crippen LogP contribution in [0.3, 0.4) is 0 Å². The summed E-state index contributed by atoms with van der Waals surface area (Å²) < 4.78 is 12.5. The highest BCUT2D eigenvalue weighted by Gasteiger charge is 2.12. The van der Waals surface area contributed by atoms with Crippen molar-refractivity contribution in [3.63, 3.8) is 0 Å². The number of hydrogen-bond donors (Lipinski definition) is 2. The number of H-pyrrole nitrogens is 1. The van der Waals surface area contributed by atoms with Crippen molar-refractivity contribution < 1.29 is 14.6 Å². The smallest absolute Gasteiger partial charge is 0.333 e. The van der Waals surface area contributed by atoms with Gasteiger partial charge >= 0.3 is 5.69 Å². The Morgan fingerprint density at radius 2 is 1.96 bits per heavy atom. The number of nitrogens with zero attached hydrogens (tertiary/aromatic N) is 2. The predicted molar refractivity (Wildman–Crippen MR) is 92.9 cm³/mol. The minimum atomic E-state index is -0.427. The molecular weight excluding hydrogens is 322 g/mol. The van der Waals surface area contributed by atoms with Crippen LogP contribution in [0, 0.1) is 6.92 Å². The Balaban J connectivity index is 1.80. The van der Waals surface area contributed by atoms with Gasteiger partial charge in [-0.2, -0.15) is 0 Å². The lowest BCUT2D eigenvalue weighted by molar-refractivity contribution is 0.241. The Labute approximate surface area is 144 Å². The zero-order chi connectivity index (χ0) is 18.0. The summed E-state index contributed by atoms with van der Waals surface area (Å²) in [5.74, 6) is 1.53. The molecule has 0 saturated carbocycles. The maximum absolute atomic E-state index is 11.8. The van der Waals surface area contributed by atoms with Crippen molar-refractivity contribution in [2.75, 3.05) is 0 Å². The first-order chi connectivity index (χ1) is 11.9. The van der Waals surface area contributed by atoms with Crippen LogP contribution < -0.4 is 15.2 Å². The van der Waals surface area contributed by atoms with Gasteiger partial charge in [-0.15, -0.1) is 0 Å². The van der Waals surface area contributed by atoms with Gasteiger partial charge in [-0.05, 0) is 39.0 Å². The number of aromatic nitrogens is 3. The van der Waals surface area contributed by atoms with Crippen molar-refractivity contribution in [1.82, 2.24) is 14.5 Å². The van der Waals surface area contributed by atoms with E-state index in [1.165, 1.54) is 6.20 Å². The summed E-state index contributed by atoms with van der Waals surface area (Å²) in [5, 5.41) is 9.94. The third-order valence-electron chi connectivity index (χ3n) is 3.42. The number of ether oxygens (including phenoxy) is 2. The number of aromatic hydroxyl groups is 1. The van der Waals surface area contributed by atoms with E-state index in [2.05, 4.69) is 9.97 Å². The van der Waals surface area contributed by atoms with Gasteiger partial charge < -0.3 is 19.6 Å². The molecule has 3 rings (SSSR count). The van der Waals surface area contributed by atoms with Gasteiger partial charge in [-0.3, -0.25) is 0 Å². The molecule has 0 aliphatic carbocycles. The molecule has 7 nitrogen and oxygen atoms in total. The standard InChI is InChI=1S/C18H19N3O4/c1-11(2)24-14-5-4-6-15(9-14)25-16-8-7-13(10-19-16)21-17(22)12(3)20-18(21)23/h4-11,22H,1-3H3,(H,20,23). The molecule has 2 heterocycles. The minimum Gasteiger partial charge on any atom is -0.493 e. The highest BCUT2D eigenvalue weighted by Crippen LogP contribution is 2.25. The van der Waals surface area contributed by atoms with Crippen LogP contribution >= 0.6 is 0 Å². The molecule has 0 radical (unpaired) electrons. The Hall–Kier alpha value is -3.22. The number of aryl methyl sites for hydroxylation is 1. The lowest BCUT2D eigenvalue weighted by atomic mass is 10.3. The maximum Gasteiger partial charge on any atom is 0.333 e. The van der Waals surface area contributed by atoms with E-state index in [4.69, 9.17) is 9.47 Å². The van der Waals surface area contributed by atoms with Crippen molar-refractivity contribution in [2.24, 2.45) is 0 Å². The van der Waals surface area contributed by atoms with Gasteiger partial charge in [0.2, 0.25) is 11.8 Å². The van der Waals surface area contributed by atoms with Crippen LogP contribution in [0.15, 0.2) is 47.4 Å². The summed E-state index contributed by atoms with van der Waals surface area (Å²) >= 11 is 0. The summed E-state index contributed by atoms with van der Waals surface area (Å²) in [7, 11) is 0. The van der Waals surface area contributed by atoms with Crippen LogP contribution in [-0.2, 0) is 0 Å². The van der Waals surface area contributed by atoms with Crippen molar-refractivity contribution >= 4 is 0 Å². The summed E-state index contributed by atoms with van der Waals surface area (Å²) in [6.45, 7) is 5.52. The van der Waals surface area contributed by atoms with Crippen LogP contribution in [-0.4, -0.2) is 25.7 Å². The molecule has 7 heteroatoms. The first-order valence-electron chi connectivity index (χ1n) is 7.85. The second kappa shape index (κ2) is 6.72. The highest BCUT2D eigenvalue weighted by atomic mass is 16.5. The first kappa shape index (κ1) is 16.6. The predicted octanol–water partition coefficient (Wildman–Crippen LogP) is 3.15. The van der Waals surface area contributed by atoms with Crippen LogP contribution in [0.1, 0.15) is 19.5 Å². The lowest BCUT2D eigenvalue weighted by Gasteiger charge is -2.11. The fourth-order valence-corrected chi connectivity index (χ4v) is 2.34. The molecule has 2 aromatic heterocycles. The Morgan fingerprint density at radius 1 is 1.20 bits per heavy atom. The number of nitrogens with one attached hydrogen (secondary N) is 1. The van der Waals surface area contributed by atoms with Gasteiger partial charge in [0.05, 0.1) is 23.7 Å². The van der Waals surface area contributed by atoms with Gasteiger partial charge in [0.15, 0.2) is 0 Å². The molecule has 2 N–H and O–H groups in total. The lowest BCUT2D eigenvalue weighted by Crippen LogP contribution is -2.14. The number of hydrogen-bond acceptors (Lipinski definition) is 5. The molecule has 25 heavy (non-hydrogen) atoms. The van der Waals surface area contributed by atoms with E-state index in [9.17, 15) is 9.90 Å². The fourth-order valence-electron chi connectivity index (χ4n) is 2.34. The Morgan fingerprint density at radius 3 is 2.56 bits per heavy atom. The van der Waals surface area contributed by atoms with E-state index in [1.807, 2.05) is 26.0 Å². The topological polar surface area (TPSA) is 89.4 Å². The molecule has 0 aliphatic rings. The van der Waals surface area contributed by atoms with Crippen LogP contribution in [0.4, 0.5) is 0 Å². The number of imidazole rings is 1. The van der Waals surface area contributed by atoms with Gasteiger partial charge in [-0.25, -0.2) is 14.3 Å². The molecule has 3 aromatic rings. The van der Waals surface area contributed by atoms with Gasteiger partial charge in [0.1, 0.15) is 11.5 Å². The number of rotatable bonds is 5. The van der Waals surface area contributed by atoms with Crippen molar-refractivity contribution in [3.8, 4) is 28.9 Å². The average molecular weight is 341 g/mol. The molecule has 0 bridgehead atoms. The molecule has 0 unspecified atom stereocenters. The fraction of sp³-hybridized carbons (Fsp3) is 0.222. The van der Waals surface area contributed by atoms with E-state index in [0.717, 1.165) is 4.57 Å². The Kier molecular flexibility index (Phi) is 4.47. The molecule has 1 aromatic carbocycles. The largest absolute Gasteiger partial charge is 0.493 e. The normalized spacial score (nSPS) is 10.9. The van der Waals surface area contributed by atoms with Crippen LogP contribution in [0.2, 0.25) is 0 Å². The van der Waals surface area contributed by atoms with E-state index in [-0.39, 0.29) is 12.0 Å². The van der Waals surface area contributed by atoms with Gasteiger partial charge in [0.25, 0.3) is 0 Å². The molecule has 0 spiro atoms. The quantitative estimate of drug-likeness (QED) is 0.744. The van der Waals surface area contributed by atoms with Crippen molar-refractivity contribution in [2.45, 2.75) is 26.9 Å². The summed E-state index contributed by atoms with van der Waals surface area (Å²) in [5.41, 5.74) is 0.410. The monoisotopic (exact) mass is 341 g/mol. The molecule has 0 aliphatic heterocycles.